The smallest absolute Gasteiger partial charge is 0.347 e. The summed E-state index contributed by atoms with van der Waals surface area (Å²) in [6.07, 6.45) is -3.29. The average Bonchev–Trinajstić information content (AvgIpc) is 2.64. The van der Waals surface area contributed by atoms with Crippen LogP contribution in [-0.4, -0.2) is 24.2 Å². The highest BCUT2D eigenvalue weighted by Gasteiger charge is 2.42. The lowest BCUT2D eigenvalue weighted by molar-refractivity contribution is -0.175. The van der Waals surface area contributed by atoms with Crippen LogP contribution in [0.2, 0.25) is 0 Å². The van der Waals surface area contributed by atoms with Crippen molar-refractivity contribution < 1.29 is 13.2 Å². The summed E-state index contributed by atoms with van der Waals surface area (Å²) in [5.41, 5.74) is 0. The van der Waals surface area contributed by atoms with E-state index in [4.69, 9.17) is 0 Å². The number of hydrogen-bond donors (Lipinski definition) is 0. The van der Waals surface area contributed by atoms with E-state index in [0.29, 0.717) is 22.7 Å². The van der Waals surface area contributed by atoms with Crippen LogP contribution >= 0.6 is 27.3 Å². The highest BCUT2D eigenvalue weighted by molar-refractivity contribution is 9.10. The summed E-state index contributed by atoms with van der Waals surface area (Å²) < 4.78 is 38.4. The molecule has 0 amide bonds. The summed E-state index contributed by atoms with van der Waals surface area (Å²) in [4.78, 5) is 5.86. The van der Waals surface area contributed by atoms with Gasteiger partial charge in [-0.25, -0.2) is 4.98 Å². The molecule has 0 aliphatic carbocycles. The Balaban J connectivity index is 2.07. The highest BCUT2D eigenvalue weighted by Crippen LogP contribution is 2.35. The quantitative estimate of drug-likeness (QED) is 0.786. The number of rotatable bonds is 1. The summed E-state index contributed by atoms with van der Waals surface area (Å²) >= 11 is 4.57. The van der Waals surface area contributed by atoms with Gasteiger partial charge in [0.2, 0.25) is 0 Å². The molecule has 1 fully saturated rings. The van der Waals surface area contributed by atoms with E-state index in [1.807, 2.05) is 0 Å². The number of aromatic nitrogens is 1. The van der Waals surface area contributed by atoms with E-state index in [2.05, 4.69) is 20.9 Å². The summed E-state index contributed by atoms with van der Waals surface area (Å²) in [6, 6.07) is 0. The fourth-order valence-electron chi connectivity index (χ4n) is 1.81. The van der Waals surface area contributed by atoms with Crippen LogP contribution in [0.1, 0.15) is 12.8 Å². The van der Waals surface area contributed by atoms with E-state index in [-0.39, 0.29) is 13.0 Å². The van der Waals surface area contributed by atoms with Gasteiger partial charge in [-0.1, -0.05) is 0 Å². The summed E-state index contributed by atoms with van der Waals surface area (Å²) in [5, 5.41) is 2.45. The number of thiazole rings is 1. The SMILES string of the molecule is FC(F)(F)C1CCCN(c2nc(Br)cs2)C1. The Hall–Kier alpha value is -0.300. The van der Waals surface area contributed by atoms with Crippen LogP contribution in [0.5, 0.6) is 0 Å². The molecule has 1 atom stereocenters. The second kappa shape index (κ2) is 4.52. The number of piperidine rings is 1. The minimum Gasteiger partial charge on any atom is -0.347 e. The number of nitrogens with zero attached hydrogens (tertiary/aromatic N) is 2. The summed E-state index contributed by atoms with van der Waals surface area (Å²) in [7, 11) is 0. The third kappa shape index (κ3) is 2.68. The fraction of sp³-hybridized carbons (Fsp3) is 0.667. The first kappa shape index (κ1) is 12.2. The Morgan fingerprint density at radius 3 is 2.81 bits per heavy atom. The second-order valence-corrected chi connectivity index (χ2v) is 5.43. The normalized spacial score (nSPS) is 22.5. The van der Waals surface area contributed by atoms with Gasteiger partial charge >= 0.3 is 6.18 Å². The van der Waals surface area contributed by atoms with Crippen LogP contribution in [0.4, 0.5) is 18.3 Å². The van der Waals surface area contributed by atoms with Gasteiger partial charge in [0.25, 0.3) is 0 Å². The number of alkyl halides is 3. The molecule has 1 aromatic rings. The summed E-state index contributed by atoms with van der Waals surface area (Å²) in [6.45, 7) is 0.690. The van der Waals surface area contributed by atoms with E-state index in [9.17, 15) is 13.2 Å². The molecule has 90 valence electrons. The molecule has 16 heavy (non-hydrogen) atoms. The molecule has 2 rings (SSSR count). The van der Waals surface area contributed by atoms with Crippen molar-refractivity contribution in [2.75, 3.05) is 18.0 Å². The highest BCUT2D eigenvalue weighted by atomic mass is 79.9. The Bertz CT molecular complexity index is 366. The molecule has 2 nitrogen and oxygen atoms in total. The van der Waals surface area contributed by atoms with E-state index in [1.165, 1.54) is 11.3 Å². The lowest BCUT2D eigenvalue weighted by atomic mass is 9.98. The maximum absolute atomic E-state index is 12.6. The zero-order valence-electron chi connectivity index (χ0n) is 8.30. The monoisotopic (exact) mass is 314 g/mol. The molecule has 0 saturated carbocycles. The molecule has 1 aliphatic rings. The molecule has 1 unspecified atom stereocenters. The van der Waals surface area contributed by atoms with Gasteiger partial charge in [0.1, 0.15) is 4.60 Å². The van der Waals surface area contributed by atoms with Gasteiger partial charge in [-0.15, -0.1) is 11.3 Å². The molecular formula is C9H10BrF3N2S. The van der Waals surface area contributed by atoms with Crippen LogP contribution in [0, 0.1) is 5.92 Å². The van der Waals surface area contributed by atoms with Crippen molar-refractivity contribution in [3.8, 4) is 0 Å². The lowest BCUT2D eigenvalue weighted by Crippen LogP contribution is -2.41. The van der Waals surface area contributed by atoms with Gasteiger partial charge in [-0.2, -0.15) is 13.2 Å². The Labute approximate surface area is 104 Å². The summed E-state index contributed by atoms with van der Waals surface area (Å²) in [5.74, 6) is -1.22. The Morgan fingerprint density at radius 2 is 2.25 bits per heavy atom. The number of halogens is 4. The van der Waals surface area contributed by atoms with Crippen molar-refractivity contribution in [1.82, 2.24) is 4.98 Å². The maximum atomic E-state index is 12.6. The van der Waals surface area contributed by atoms with Crippen molar-refractivity contribution in [3.05, 3.63) is 9.98 Å². The third-order valence-corrected chi connectivity index (χ3v) is 4.23. The molecule has 1 saturated heterocycles. The fourth-order valence-corrected chi connectivity index (χ4v) is 3.10. The minimum atomic E-state index is -4.09. The van der Waals surface area contributed by atoms with Crippen molar-refractivity contribution in [3.63, 3.8) is 0 Å². The van der Waals surface area contributed by atoms with Crippen molar-refractivity contribution in [2.45, 2.75) is 19.0 Å². The van der Waals surface area contributed by atoms with E-state index in [1.54, 1.807) is 10.3 Å². The van der Waals surface area contributed by atoms with Gasteiger partial charge < -0.3 is 4.90 Å². The van der Waals surface area contributed by atoms with Gasteiger partial charge in [-0.3, -0.25) is 0 Å². The van der Waals surface area contributed by atoms with Crippen LogP contribution in [-0.2, 0) is 0 Å². The topological polar surface area (TPSA) is 16.1 Å². The van der Waals surface area contributed by atoms with E-state index >= 15 is 0 Å². The maximum Gasteiger partial charge on any atom is 0.393 e. The third-order valence-electron chi connectivity index (χ3n) is 2.62. The van der Waals surface area contributed by atoms with Crippen molar-refractivity contribution in [1.29, 1.82) is 0 Å². The predicted octanol–water partition coefficient (Wildman–Crippen LogP) is 3.68. The standard InChI is InChI=1S/C9H10BrF3N2S/c10-7-5-16-8(14-7)15-3-1-2-6(4-15)9(11,12)13/h5-6H,1-4H2. The molecule has 1 aromatic heterocycles. The van der Waals surface area contributed by atoms with Crippen LogP contribution in [0.25, 0.3) is 0 Å². The molecule has 7 heteroatoms. The van der Waals surface area contributed by atoms with Crippen molar-refractivity contribution >= 4 is 32.4 Å². The molecule has 1 aliphatic heterocycles. The minimum absolute atomic E-state index is 0.0312. The second-order valence-electron chi connectivity index (χ2n) is 3.78. The van der Waals surface area contributed by atoms with Gasteiger partial charge in [-0.05, 0) is 28.8 Å². The number of hydrogen-bond acceptors (Lipinski definition) is 3. The Kier molecular flexibility index (Phi) is 3.44. The first-order chi connectivity index (χ1) is 7.47. The molecular weight excluding hydrogens is 305 g/mol. The van der Waals surface area contributed by atoms with Crippen LogP contribution < -0.4 is 4.90 Å². The Morgan fingerprint density at radius 1 is 1.50 bits per heavy atom. The van der Waals surface area contributed by atoms with E-state index < -0.39 is 12.1 Å². The number of anilines is 1. The van der Waals surface area contributed by atoms with Crippen molar-refractivity contribution in [2.24, 2.45) is 5.92 Å². The lowest BCUT2D eigenvalue weighted by Gasteiger charge is -2.33. The first-order valence-corrected chi connectivity index (χ1v) is 6.57. The van der Waals surface area contributed by atoms with Crippen LogP contribution in [0.3, 0.4) is 0 Å². The van der Waals surface area contributed by atoms with E-state index in [0.717, 1.165) is 0 Å². The average molecular weight is 315 g/mol. The predicted molar refractivity (Wildman–Crippen MR) is 60.8 cm³/mol. The van der Waals surface area contributed by atoms with Gasteiger partial charge in [0.05, 0.1) is 5.92 Å². The zero-order valence-corrected chi connectivity index (χ0v) is 10.7. The molecule has 2 heterocycles. The largest absolute Gasteiger partial charge is 0.393 e. The molecule has 0 bridgehead atoms. The van der Waals surface area contributed by atoms with Crippen LogP contribution in [0.15, 0.2) is 9.98 Å². The molecule has 0 N–H and O–H groups in total. The first-order valence-electron chi connectivity index (χ1n) is 4.89. The zero-order chi connectivity index (χ0) is 11.8. The van der Waals surface area contributed by atoms with Gasteiger partial charge in [0.15, 0.2) is 5.13 Å². The van der Waals surface area contributed by atoms with Gasteiger partial charge in [0, 0.05) is 18.5 Å². The molecule has 0 aromatic carbocycles. The molecule has 0 spiro atoms. The molecule has 0 radical (unpaired) electrons.